The molecule has 0 fully saturated rings. The normalized spacial score (nSPS) is 11.2. The molecule has 0 bridgehead atoms. The third-order valence-corrected chi connectivity index (χ3v) is 4.02. The Kier molecular flexibility index (Phi) is 5.01. The summed E-state index contributed by atoms with van der Waals surface area (Å²) in [6.07, 6.45) is 1.86. The fourth-order valence-electron chi connectivity index (χ4n) is 2.89. The zero-order valence-corrected chi connectivity index (χ0v) is 14.3. The highest BCUT2D eigenvalue weighted by Gasteiger charge is 2.11. The van der Waals surface area contributed by atoms with Crippen molar-refractivity contribution < 1.29 is 9.47 Å². The Morgan fingerprint density at radius 2 is 1.80 bits per heavy atom. The molecule has 0 saturated heterocycles. The third kappa shape index (κ3) is 3.34. The van der Waals surface area contributed by atoms with Crippen molar-refractivity contribution in [3.05, 3.63) is 71.8 Å². The van der Waals surface area contributed by atoms with Crippen molar-refractivity contribution in [3.63, 3.8) is 0 Å². The van der Waals surface area contributed by atoms with Crippen molar-refractivity contribution in [2.45, 2.75) is 6.92 Å². The van der Waals surface area contributed by atoms with E-state index >= 15 is 0 Å². The van der Waals surface area contributed by atoms with Crippen LogP contribution in [0, 0.1) is 11.3 Å². The van der Waals surface area contributed by atoms with Gasteiger partial charge in [-0.15, -0.1) is 0 Å². The van der Waals surface area contributed by atoms with E-state index in [0.29, 0.717) is 23.7 Å². The van der Waals surface area contributed by atoms with Crippen LogP contribution < -0.4 is 9.47 Å². The summed E-state index contributed by atoms with van der Waals surface area (Å²) in [6, 6.07) is 22.1. The van der Waals surface area contributed by atoms with E-state index in [0.717, 1.165) is 21.9 Å². The lowest BCUT2D eigenvalue weighted by molar-refractivity contribution is 0.310. The summed E-state index contributed by atoms with van der Waals surface area (Å²) >= 11 is 0. The molecule has 0 aliphatic carbocycles. The topological polar surface area (TPSA) is 42.2 Å². The van der Waals surface area contributed by atoms with Crippen LogP contribution in [0.2, 0.25) is 0 Å². The number of rotatable bonds is 5. The lowest BCUT2D eigenvalue weighted by Gasteiger charge is -2.12. The molecule has 0 saturated carbocycles. The highest BCUT2D eigenvalue weighted by Crippen LogP contribution is 2.34. The predicted molar refractivity (Wildman–Crippen MR) is 102 cm³/mol. The second-order valence-electron chi connectivity index (χ2n) is 5.51. The number of ether oxygens (including phenoxy) is 2. The Labute approximate surface area is 147 Å². The quantitative estimate of drug-likeness (QED) is 0.470. The monoisotopic (exact) mass is 329 g/mol. The van der Waals surface area contributed by atoms with Crippen molar-refractivity contribution in [2.75, 3.05) is 13.7 Å². The molecule has 0 aromatic heterocycles. The first-order valence-electron chi connectivity index (χ1n) is 8.18. The molecule has 3 aromatic carbocycles. The maximum absolute atomic E-state index is 9.76. The molecule has 0 atom stereocenters. The number of benzene rings is 3. The molecule has 25 heavy (non-hydrogen) atoms. The molecule has 0 amide bonds. The lowest BCUT2D eigenvalue weighted by atomic mass is 9.97. The van der Waals surface area contributed by atoms with Crippen LogP contribution in [-0.4, -0.2) is 13.7 Å². The molecule has 3 heteroatoms. The molecule has 0 heterocycles. The van der Waals surface area contributed by atoms with E-state index in [1.165, 1.54) is 0 Å². The minimum atomic E-state index is 0.525. The molecule has 0 unspecified atom stereocenters. The van der Waals surface area contributed by atoms with Gasteiger partial charge in [-0.05, 0) is 29.8 Å². The minimum absolute atomic E-state index is 0.525. The standard InChI is InChI=1S/C22H19NO2/c1-3-25-22-17(10-7-13-21(22)24-2)14-18(15-23)20-12-6-9-16-8-4-5-11-19(16)20/h4-14H,3H2,1-2H3/b18-14-. The van der Waals surface area contributed by atoms with E-state index in [9.17, 15) is 5.26 Å². The third-order valence-electron chi connectivity index (χ3n) is 4.02. The van der Waals surface area contributed by atoms with Gasteiger partial charge in [0.05, 0.1) is 25.4 Å². The minimum Gasteiger partial charge on any atom is -0.493 e. The zero-order chi connectivity index (χ0) is 17.6. The summed E-state index contributed by atoms with van der Waals surface area (Å²) in [4.78, 5) is 0. The first kappa shape index (κ1) is 16.6. The van der Waals surface area contributed by atoms with Crippen molar-refractivity contribution in [3.8, 4) is 17.6 Å². The maximum atomic E-state index is 9.76. The maximum Gasteiger partial charge on any atom is 0.168 e. The fourth-order valence-corrected chi connectivity index (χ4v) is 2.89. The number of nitriles is 1. The number of para-hydroxylation sites is 1. The Morgan fingerprint density at radius 1 is 1.04 bits per heavy atom. The van der Waals surface area contributed by atoms with Gasteiger partial charge in [0.25, 0.3) is 0 Å². The molecule has 3 rings (SSSR count). The highest BCUT2D eigenvalue weighted by molar-refractivity contribution is 6.02. The van der Waals surface area contributed by atoms with Gasteiger partial charge in [-0.2, -0.15) is 5.26 Å². The molecule has 3 aromatic rings. The first-order chi connectivity index (χ1) is 12.3. The molecule has 0 aliphatic heterocycles. The smallest absolute Gasteiger partial charge is 0.168 e. The zero-order valence-electron chi connectivity index (χ0n) is 14.3. The van der Waals surface area contributed by atoms with Gasteiger partial charge in [0.15, 0.2) is 11.5 Å². The van der Waals surface area contributed by atoms with E-state index < -0.39 is 0 Å². The van der Waals surface area contributed by atoms with Gasteiger partial charge in [0.1, 0.15) is 0 Å². The van der Waals surface area contributed by atoms with Gasteiger partial charge in [-0.1, -0.05) is 54.6 Å². The summed E-state index contributed by atoms with van der Waals surface area (Å²) in [5, 5.41) is 11.9. The van der Waals surface area contributed by atoms with Gasteiger partial charge < -0.3 is 9.47 Å². The number of hydrogen-bond acceptors (Lipinski definition) is 3. The molecule has 0 N–H and O–H groups in total. The largest absolute Gasteiger partial charge is 0.493 e. The number of methoxy groups -OCH3 is 1. The van der Waals surface area contributed by atoms with Crippen LogP contribution in [0.15, 0.2) is 60.7 Å². The predicted octanol–water partition coefficient (Wildman–Crippen LogP) is 5.31. The van der Waals surface area contributed by atoms with E-state index in [4.69, 9.17) is 9.47 Å². The molecule has 0 radical (unpaired) electrons. The van der Waals surface area contributed by atoms with Gasteiger partial charge >= 0.3 is 0 Å². The molecular weight excluding hydrogens is 310 g/mol. The number of fused-ring (bicyclic) bond motifs is 1. The number of hydrogen-bond donors (Lipinski definition) is 0. The van der Waals surface area contributed by atoms with Crippen LogP contribution in [0.4, 0.5) is 0 Å². The van der Waals surface area contributed by atoms with Gasteiger partial charge in [-0.25, -0.2) is 0 Å². The molecular formula is C22H19NO2. The average Bonchev–Trinajstić information content (AvgIpc) is 2.67. The summed E-state index contributed by atoms with van der Waals surface area (Å²) in [7, 11) is 1.61. The van der Waals surface area contributed by atoms with Crippen molar-refractivity contribution >= 4 is 22.4 Å². The summed E-state index contributed by atoms with van der Waals surface area (Å²) < 4.78 is 11.1. The Balaban J connectivity index is 2.18. The van der Waals surface area contributed by atoms with Crippen LogP contribution in [0.5, 0.6) is 11.5 Å². The number of allylic oxidation sites excluding steroid dienone is 1. The first-order valence-corrected chi connectivity index (χ1v) is 8.18. The van der Waals surface area contributed by atoms with Crippen LogP contribution >= 0.6 is 0 Å². The number of nitrogens with zero attached hydrogens (tertiary/aromatic N) is 1. The Bertz CT molecular complexity index is 962. The summed E-state index contributed by atoms with van der Waals surface area (Å²) in [5.74, 6) is 1.31. The molecule has 0 spiro atoms. The highest BCUT2D eigenvalue weighted by atomic mass is 16.5. The second kappa shape index (κ2) is 7.55. The van der Waals surface area contributed by atoms with Crippen molar-refractivity contribution in [1.29, 1.82) is 5.26 Å². The molecule has 3 nitrogen and oxygen atoms in total. The molecule has 0 aliphatic rings. The van der Waals surface area contributed by atoms with E-state index in [1.807, 2.05) is 73.7 Å². The Hall–Kier alpha value is -3.25. The van der Waals surface area contributed by atoms with Crippen LogP contribution in [0.1, 0.15) is 18.1 Å². The van der Waals surface area contributed by atoms with Gasteiger partial charge in [0, 0.05) is 11.1 Å². The van der Waals surface area contributed by atoms with E-state index in [1.54, 1.807) is 7.11 Å². The average molecular weight is 329 g/mol. The lowest BCUT2D eigenvalue weighted by Crippen LogP contribution is -1.97. The van der Waals surface area contributed by atoms with E-state index in [2.05, 4.69) is 6.07 Å². The summed E-state index contributed by atoms with van der Waals surface area (Å²) in [5.41, 5.74) is 2.32. The van der Waals surface area contributed by atoms with E-state index in [-0.39, 0.29) is 0 Å². The molecule has 124 valence electrons. The second-order valence-corrected chi connectivity index (χ2v) is 5.51. The van der Waals surface area contributed by atoms with Crippen molar-refractivity contribution in [2.24, 2.45) is 0 Å². The van der Waals surface area contributed by atoms with Crippen LogP contribution in [-0.2, 0) is 0 Å². The SMILES string of the molecule is CCOc1c(/C=C(/C#N)c2cccc3ccccc23)cccc1OC. The fraction of sp³-hybridized carbons (Fsp3) is 0.136. The van der Waals surface area contributed by atoms with Crippen LogP contribution in [0.25, 0.3) is 22.4 Å². The van der Waals surface area contributed by atoms with Gasteiger partial charge in [0.2, 0.25) is 0 Å². The van der Waals surface area contributed by atoms with Gasteiger partial charge in [-0.3, -0.25) is 0 Å². The van der Waals surface area contributed by atoms with Crippen LogP contribution in [0.3, 0.4) is 0 Å². The Morgan fingerprint density at radius 3 is 2.56 bits per heavy atom. The van der Waals surface area contributed by atoms with Crippen molar-refractivity contribution in [1.82, 2.24) is 0 Å². The summed E-state index contributed by atoms with van der Waals surface area (Å²) in [6.45, 7) is 2.45.